The Morgan fingerprint density at radius 3 is 1.80 bits per heavy atom. The van der Waals surface area contributed by atoms with Crippen LogP contribution in [-0.2, 0) is 19.3 Å². The normalized spacial score (nSPS) is 21.6. The van der Waals surface area contributed by atoms with Crippen LogP contribution in [0.4, 0.5) is 32.9 Å². The highest BCUT2D eigenvalue weighted by atomic mass is 32.2. The van der Waals surface area contributed by atoms with Crippen molar-refractivity contribution in [1.29, 1.82) is 0 Å². The van der Waals surface area contributed by atoms with Crippen LogP contribution in [0.2, 0.25) is 0 Å². The molecule has 6 atom stereocenters. The molecule has 4 amide bonds. The second-order valence-corrected chi connectivity index (χ2v) is 24.2. The predicted molar refractivity (Wildman–Crippen MR) is 300 cm³/mol. The highest BCUT2D eigenvalue weighted by molar-refractivity contribution is 8.14. The van der Waals surface area contributed by atoms with Crippen LogP contribution in [0, 0.1) is 5.92 Å². The number of amides is 4. The summed E-state index contributed by atoms with van der Waals surface area (Å²) in [5, 5.41) is 14.4. The van der Waals surface area contributed by atoms with E-state index in [-0.39, 0.29) is 69.5 Å². The Bertz CT molecular complexity index is 3210. The number of morpholine rings is 2. The number of carbonyl (C=O) groups is 2. The molecular weight excluding hydrogens is 1000 g/mol. The Hall–Kier alpha value is -6.87. The third kappa shape index (κ3) is 12.2. The second kappa shape index (κ2) is 23.2. The lowest BCUT2D eigenvalue weighted by molar-refractivity contribution is -0.0261. The molecule has 4 fully saturated rings. The van der Waals surface area contributed by atoms with Gasteiger partial charge in [-0.2, -0.15) is 30.4 Å². The van der Waals surface area contributed by atoms with Crippen molar-refractivity contribution in [1.82, 2.24) is 40.5 Å². The third-order valence-electron chi connectivity index (χ3n) is 14.8. The quantitative estimate of drug-likeness (QED) is 0.0794. The zero-order valence-electron chi connectivity index (χ0n) is 43.6. The van der Waals surface area contributed by atoms with Gasteiger partial charge in [0.15, 0.2) is 33.1 Å². The fourth-order valence-electron chi connectivity index (χ4n) is 10.2. The monoisotopic (exact) mass is 1070 g/mol. The fraction of sp³-hybridized carbons (Fsp3) is 0.411. The molecule has 0 spiro atoms. The van der Waals surface area contributed by atoms with Gasteiger partial charge in [0.2, 0.25) is 11.9 Å². The maximum Gasteiger partial charge on any atom is 0.319 e. The number of ether oxygens (including phenoxy) is 2. The molecule has 2 aromatic heterocycles. The summed E-state index contributed by atoms with van der Waals surface area (Å²) >= 11 is 0. The lowest BCUT2D eigenvalue weighted by Gasteiger charge is -2.43. The average molecular weight is 1070 g/mol. The lowest BCUT2D eigenvalue weighted by atomic mass is 9.81. The number of rotatable bonds is 13. The van der Waals surface area contributed by atoms with E-state index in [0.717, 1.165) is 56.1 Å². The van der Waals surface area contributed by atoms with Crippen LogP contribution >= 0.6 is 10.5 Å². The molecule has 20 heteroatoms. The van der Waals surface area contributed by atoms with Crippen LogP contribution in [-0.4, -0.2) is 131 Å². The van der Waals surface area contributed by atoms with Crippen molar-refractivity contribution < 1.29 is 27.5 Å². The van der Waals surface area contributed by atoms with Gasteiger partial charge in [-0.05, 0) is 138 Å². The van der Waals surface area contributed by atoms with E-state index in [1.165, 1.54) is 11.2 Å². The number of hydrogen-bond acceptors (Lipinski definition) is 14. The number of hydrogen-bond donors (Lipinski definition) is 4. The zero-order chi connectivity index (χ0) is 52.9. The van der Waals surface area contributed by atoms with E-state index in [1.807, 2.05) is 48.5 Å². The molecule has 398 valence electrons. The van der Waals surface area contributed by atoms with Crippen LogP contribution in [0.3, 0.4) is 0 Å². The van der Waals surface area contributed by atoms with Crippen molar-refractivity contribution in [3.05, 3.63) is 97.1 Å². The average Bonchev–Trinajstić information content (AvgIpc) is 3.43. The van der Waals surface area contributed by atoms with Crippen LogP contribution in [0.1, 0.15) is 65.7 Å². The first-order valence-electron chi connectivity index (χ1n) is 26.2. The minimum Gasteiger partial charge on any atom is -0.377 e. The smallest absolute Gasteiger partial charge is 0.319 e. The largest absolute Gasteiger partial charge is 0.377 e. The van der Waals surface area contributed by atoms with E-state index in [0.29, 0.717) is 84.8 Å². The number of benzene rings is 4. The summed E-state index contributed by atoms with van der Waals surface area (Å²) in [6, 6.07) is 29.4. The SMILES string of the molecule is C/C=S(\C)c1ccccc1-c1nc(-c2ccc(NC(=O)NC3CCCC(C4CN(c5nc(-c6ccc(NC(=O)NC7CCC7)cc6)nc(-c6ccccc6S(C)(=O)=O)n5)[C@@H](C)CO4)C3)cc2)nc(N2CCOC[C@@H]2C)n1. The number of carbonyl (C=O) groups excluding carboxylic acids is 2. The van der Waals surface area contributed by atoms with Gasteiger partial charge in [-0.3, -0.25) is 0 Å². The molecule has 2 aliphatic heterocycles. The molecule has 4 heterocycles. The maximum atomic E-state index is 13.7. The van der Waals surface area contributed by atoms with Gasteiger partial charge < -0.3 is 40.5 Å². The number of nitrogens with zero attached hydrogens (tertiary/aromatic N) is 8. The lowest BCUT2D eigenvalue weighted by Crippen LogP contribution is -2.53. The van der Waals surface area contributed by atoms with E-state index in [9.17, 15) is 18.0 Å². The first-order valence-corrected chi connectivity index (χ1v) is 29.8. The summed E-state index contributed by atoms with van der Waals surface area (Å²) in [4.78, 5) is 61.7. The number of anilines is 4. The maximum absolute atomic E-state index is 13.7. The van der Waals surface area contributed by atoms with Gasteiger partial charge in [0.1, 0.15) is 0 Å². The number of sulfone groups is 1. The van der Waals surface area contributed by atoms with E-state index in [2.05, 4.69) is 75.6 Å². The highest BCUT2D eigenvalue weighted by Crippen LogP contribution is 2.36. The first kappa shape index (κ1) is 52.6. The Morgan fingerprint density at radius 2 is 1.20 bits per heavy atom. The molecule has 2 aliphatic carbocycles. The van der Waals surface area contributed by atoms with Gasteiger partial charge >= 0.3 is 12.1 Å². The highest BCUT2D eigenvalue weighted by Gasteiger charge is 2.37. The number of urea groups is 2. The van der Waals surface area contributed by atoms with Gasteiger partial charge in [0.05, 0.1) is 42.9 Å². The Balaban J connectivity index is 0.831. The second-order valence-electron chi connectivity index (χ2n) is 20.2. The molecule has 0 radical (unpaired) electrons. The van der Waals surface area contributed by atoms with Gasteiger partial charge in [-0.25, -0.2) is 28.0 Å². The van der Waals surface area contributed by atoms with Crippen LogP contribution in [0.25, 0.3) is 45.6 Å². The first-order chi connectivity index (χ1) is 36.8. The van der Waals surface area contributed by atoms with E-state index >= 15 is 0 Å². The Kier molecular flexibility index (Phi) is 16.0. The minimum atomic E-state index is -3.64. The molecule has 4 N–H and O–H groups in total. The van der Waals surface area contributed by atoms with Crippen LogP contribution < -0.4 is 31.1 Å². The van der Waals surface area contributed by atoms with Gasteiger partial charge in [-0.15, -0.1) is 0 Å². The van der Waals surface area contributed by atoms with E-state index in [1.54, 1.807) is 36.4 Å². The summed E-state index contributed by atoms with van der Waals surface area (Å²) in [7, 11) is -3.75. The Labute approximate surface area is 447 Å². The summed E-state index contributed by atoms with van der Waals surface area (Å²) < 4.78 is 38.4. The summed E-state index contributed by atoms with van der Waals surface area (Å²) in [5.74, 6) is 2.89. The summed E-state index contributed by atoms with van der Waals surface area (Å²) in [6.45, 7) is 8.99. The standard InChI is InChI=1S/C56H66N12O6S2/c1-6-75(4)47-19-9-7-17-44(47)51-61-49(63-53(65-51)67-29-30-73-33-35(67)2)37-21-27-42(28-22-37)59-56(70)60-43-16-11-13-39(31-43)46-32-68(36(3)34-74-46)54-64-50(62-52(66-54)45-18-8-10-20-48(45)76(5,71)72)38-23-25-41(26-24-38)58-55(69)57-40-14-12-15-40/h6-10,17-28,35-36,39-40,43,46H,11-16,29-34H2,1-5H3,(H2,57,58,69)(H2,59,60,70)/t35-,36-,39?,43?,46?,75?/m0/s1. The zero-order valence-corrected chi connectivity index (χ0v) is 45.2. The third-order valence-corrected chi connectivity index (χ3v) is 17.7. The molecule has 4 aromatic carbocycles. The fourth-order valence-corrected chi connectivity index (χ4v) is 12.2. The van der Waals surface area contributed by atoms with Crippen LogP contribution in [0.15, 0.2) is 107 Å². The van der Waals surface area contributed by atoms with Crippen molar-refractivity contribution in [2.45, 2.75) is 106 Å². The molecule has 4 aliphatic rings. The number of nitrogens with one attached hydrogen (secondary N) is 4. The minimum absolute atomic E-state index is 0.0831. The van der Waals surface area contributed by atoms with Crippen molar-refractivity contribution in [2.75, 3.05) is 65.9 Å². The summed E-state index contributed by atoms with van der Waals surface area (Å²) in [5.41, 5.74) is 4.07. The van der Waals surface area contributed by atoms with Gasteiger partial charge in [0.25, 0.3) is 0 Å². The van der Waals surface area contributed by atoms with Crippen molar-refractivity contribution in [3.8, 4) is 45.6 Å². The Morgan fingerprint density at radius 1 is 0.658 bits per heavy atom. The number of aromatic nitrogens is 6. The molecule has 4 unspecified atom stereocenters. The molecule has 2 saturated heterocycles. The van der Waals surface area contributed by atoms with E-state index in [4.69, 9.17) is 39.4 Å². The summed E-state index contributed by atoms with van der Waals surface area (Å²) in [6.07, 6.45) is 9.65. The topological polar surface area (TPSA) is 219 Å². The van der Waals surface area contributed by atoms with Gasteiger partial charge in [-0.1, -0.05) is 42.1 Å². The molecule has 76 heavy (non-hydrogen) atoms. The van der Waals surface area contributed by atoms with Crippen LogP contribution in [0.5, 0.6) is 0 Å². The molecule has 2 saturated carbocycles. The molecule has 6 aromatic rings. The molecular formula is C56H66N12O6S2. The van der Waals surface area contributed by atoms with Gasteiger partial charge in [0, 0.05) is 70.0 Å². The van der Waals surface area contributed by atoms with Crippen molar-refractivity contribution in [2.24, 2.45) is 5.92 Å². The van der Waals surface area contributed by atoms with E-state index < -0.39 is 9.84 Å². The molecule has 18 nitrogen and oxygen atoms in total. The van der Waals surface area contributed by atoms with Crippen molar-refractivity contribution in [3.63, 3.8) is 0 Å². The van der Waals surface area contributed by atoms with Crippen molar-refractivity contribution >= 4 is 61.0 Å². The molecule has 10 rings (SSSR count). The predicted octanol–water partition coefficient (Wildman–Crippen LogP) is 9.08. The molecule has 0 bridgehead atoms.